The Labute approximate surface area is 169 Å². The van der Waals surface area contributed by atoms with E-state index < -0.39 is 6.09 Å². The van der Waals surface area contributed by atoms with E-state index in [1.54, 1.807) is 47.4 Å². The highest BCUT2D eigenvalue weighted by molar-refractivity contribution is 6.09. The lowest BCUT2D eigenvalue weighted by molar-refractivity contribution is 0.0416. The molecule has 1 fully saturated rings. The first-order valence-electron chi connectivity index (χ1n) is 9.20. The number of nitrogens with zero attached hydrogens (tertiary/aromatic N) is 1. The number of allylic oxidation sites excluding steroid dienone is 1. The van der Waals surface area contributed by atoms with Crippen LogP contribution in [0.15, 0.2) is 48.5 Å². The summed E-state index contributed by atoms with van der Waals surface area (Å²) in [5, 5.41) is 0. The predicted octanol–water partition coefficient (Wildman–Crippen LogP) is 3.43. The zero-order valence-corrected chi connectivity index (χ0v) is 16.4. The van der Waals surface area contributed by atoms with Crippen LogP contribution in [0, 0.1) is 0 Å². The van der Waals surface area contributed by atoms with Crippen LogP contribution in [0.4, 0.5) is 4.79 Å². The van der Waals surface area contributed by atoms with Crippen molar-refractivity contribution in [1.29, 1.82) is 0 Å². The van der Waals surface area contributed by atoms with Crippen LogP contribution in [-0.4, -0.2) is 57.3 Å². The fourth-order valence-electron chi connectivity index (χ4n) is 2.88. The summed E-state index contributed by atoms with van der Waals surface area (Å²) in [6, 6.07) is 12.1. The smallest absolute Gasteiger partial charge is 0.415 e. The van der Waals surface area contributed by atoms with Gasteiger partial charge in [0.2, 0.25) is 0 Å². The monoisotopic (exact) mass is 397 g/mol. The Bertz CT molecular complexity index is 902. The highest BCUT2D eigenvalue weighted by Gasteiger charge is 2.19. The van der Waals surface area contributed by atoms with Crippen LogP contribution in [0.5, 0.6) is 17.2 Å². The average Bonchev–Trinajstić information content (AvgIpc) is 2.78. The molecule has 0 spiro atoms. The normalized spacial score (nSPS) is 13.9. The average molecular weight is 397 g/mol. The van der Waals surface area contributed by atoms with Gasteiger partial charge in [-0.2, -0.15) is 0 Å². The third-order valence-corrected chi connectivity index (χ3v) is 4.47. The third kappa shape index (κ3) is 5.14. The van der Waals surface area contributed by atoms with Gasteiger partial charge in [-0.05, 0) is 36.4 Å². The summed E-state index contributed by atoms with van der Waals surface area (Å²) in [7, 11) is 3.04. The van der Waals surface area contributed by atoms with Crippen LogP contribution in [0.2, 0.25) is 0 Å². The molecule has 29 heavy (non-hydrogen) atoms. The van der Waals surface area contributed by atoms with Gasteiger partial charge in [0.25, 0.3) is 0 Å². The SMILES string of the molecule is COc1ccc(OC)c(C(=O)/C=C/c2ccccc2OC(=O)N2CCOCC2)c1. The van der Waals surface area contributed by atoms with Crippen LogP contribution in [-0.2, 0) is 4.74 Å². The highest BCUT2D eigenvalue weighted by Crippen LogP contribution is 2.26. The van der Waals surface area contributed by atoms with E-state index in [-0.39, 0.29) is 5.78 Å². The fraction of sp³-hybridized carbons (Fsp3) is 0.273. The Morgan fingerprint density at radius 1 is 1.00 bits per heavy atom. The van der Waals surface area contributed by atoms with Crippen LogP contribution >= 0.6 is 0 Å². The van der Waals surface area contributed by atoms with Crippen LogP contribution in [0.3, 0.4) is 0 Å². The topological polar surface area (TPSA) is 74.3 Å². The minimum atomic E-state index is -0.435. The van der Waals surface area contributed by atoms with E-state index in [4.69, 9.17) is 18.9 Å². The van der Waals surface area contributed by atoms with Crippen molar-refractivity contribution in [2.24, 2.45) is 0 Å². The summed E-state index contributed by atoms with van der Waals surface area (Å²) in [4.78, 5) is 26.6. The van der Waals surface area contributed by atoms with Gasteiger partial charge in [-0.3, -0.25) is 4.79 Å². The lowest BCUT2D eigenvalue weighted by atomic mass is 10.1. The van der Waals surface area contributed by atoms with E-state index >= 15 is 0 Å². The zero-order chi connectivity index (χ0) is 20.6. The van der Waals surface area contributed by atoms with Gasteiger partial charge in [0, 0.05) is 18.7 Å². The Hall–Kier alpha value is -3.32. The maximum Gasteiger partial charge on any atom is 0.415 e. The van der Waals surface area contributed by atoms with Gasteiger partial charge >= 0.3 is 6.09 Å². The van der Waals surface area contributed by atoms with E-state index in [0.717, 1.165) is 0 Å². The molecule has 0 aliphatic carbocycles. The third-order valence-electron chi connectivity index (χ3n) is 4.47. The lowest BCUT2D eigenvalue weighted by Gasteiger charge is -2.26. The molecule has 2 aromatic rings. The van der Waals surface area contributed by atoms with E-state index in [1.807, 2.05) is 6.07 Å². The number of para-hydroxylation sites is 1. The number of hydrogen-bond donors (Lipinski definition) is 0. The number of morpholine rings is 1. The maximum atomic E-state index is 12.7. The molecule has 1 saturated heterocycles. The minimum Gasteiger partial charge on any atom is -0.497 e. The van der Waals surface area contributed by atoms with Gasteiger partial charge in [-0.15, -0.1) is 0 Å². The number of amides is 1. The molecule has 1 heterocycles. The Balaban J connectivity index is 1.77. The molecular weight excluding hydrogens is 374 g/mol. The van der Waals surface area contributed by atoms with Crippen molar-refractivity contribution < 1.29 is 28.5 Å². The summed E-state index contributed by atoms with van der Waals surface area (Å²) in [6.45, 7) is 1.97. The minimum absolute atomic E-state index is 0.255. The second kappa shape index (κ2) is 9.75. The van der Waals surface area contributed by atoms with Crippen molar-refractivity contribution >= 4 is 18.0 Å². The quantitative estimate of drug-likeness (QED) is 0.549. The molecule has 1 amide bonds. The molecule has 0 bridgehead atoms. The van der Waals surface area contributed by atoms with Gasteiger partial charge in [0.1, 0.15) is 17.2 Å². The van der Waals surface area contributed by atoms with Gasteiger partial charge in [0.15, 0.2) is 5.78 Å². The van der Waals surface area contributed by atoms with Crippen molar-refractivity contribution in [2.75, 3.05) is 40.5 Å². The van der Waals surface area contributed by atoms with Crippen molar-refractivity contribution in [3.63, 3.8) is 0 Å². The number of ether oxygens (including phenoxy) is 4. The zero-order valence-electron chi connectivity index (χ0n) is 16.4. The standard InChI is InChI=1S/C22H23NO6/c1-26-17-8-10-21(27-2)18(15-17)19(24)9-7-16-5-3-4-6-20(16)29-22(25)23-11-13-28-14-12-23/h3-10,15H,11-14H2,1-2H3/b9-7+. The van der Waals surface area contributed by atoms with Gasteiger partial charge in [0.05, 0.1) is 33.0 Å². The molecule has 0 aromatic heterocycles. The second-order valence-electron chi connectivity index (χ2n) is 6.27. The Morgan fingerprint density at radius 3 is 2.48 bits per heavy atom. The second-order valence-corrected chi connectivity index (χ2v) is 6.27. The molecule has 0 atom stereocenters. The van der Waals surface area contributed by atoms with Crippen molar-refractivity contribution in [3.05, 3.63) is 59.7 Å². The Kier molecular flexibility index (Phi) is 6.86. The van der Waals surface area contributed by atoms with E-state index in [1.165, 1.54) is 20.3 Å². The molecule has 7 heteroatoms. The molecule has 7 nitrogen and oxygen atoms in total. The van der Waals surface area contributed by atoms with Gasteiger partial charge in [-0.1, -0.05) is 18.2 Å². The molecular formula is C22H23NO6. The lowest BCUT2D eigenvalue weighted by Crippen LogP contribution is -2.42. The molecule has 1 aliphatic heterocycles. The number of carbonyl (C=O) groups excluding carboxylic acids is 2. The molecule has 0 unspecified atom stereocenters. The summed E-state index contributed by atoms with van der Waals surface area (Å²) < 4.78 is 21.2. The number of hydrogen-bond acceptors (Lipinski definition) is 6. The number of rotatable bonds is 6. The first-order valence-corrected chi connectivity index (χ1v) is 9.20. The molecule has 152 valence electrons. The van der Waals surface area contributed by atoms with Crippen molar-refractivity contribution in [1.82, 2.24) is 4.90 Å². The van der Waals surface area contributed by atoms with Crippen molar-refractivity contribution in [3.8, 4) is 17.2 Å². The van der Waals surface area contributed by atoms with E-state index in [2.05, 4.69) is 0 Å². The maximum absolute atomic E-state index is 12.7. The molecule has 0 N–H and O–H groups in total. The number of ketones is 1. The summed E-state index contributed by atoms with van der Waals surface area (Å²) in [6.07, 6.45) is 2.59. The van der Waals surface area contributed by atoms with Gasteiger partial charge in [-0.25, -0.2) is 4.79 Å². The largest absolute Gasteiger partial charge is 0.497 e. The summed E-state index contributed by atoms with van der Waals surface area (Å²) in [5.74, 6) is 1.13. The molecule has 0 saturated carbocycles. The first kappa shape index (κ1) is 20.4. The first-order chi connectivity index (χ1) is 14.1. The molecule has 2 aromatic carbocycles. The highest BCUT2D eigenvalue weighted by atomic mass is 16.6. The van der Waals surface area contributed by atoms with Crippen LogP contribution in [0.25, 0.3) is 6.08 Å². The van der Waals surface area contributed by atoms with Gasteiger partial charge < -0.3 is 23.8 Å². The van der Waals surface area contributed by atoms with E-state index in [9.17, 15) is 9.59 Å². The number of benzene rings is 2. The predicted molar refractivity (Wildman–Crippen MR) is 108 cm³/mol. The van der Waals surface area contributed by atoms with Crippen LogP contribution < -0.4 is 14.2 Å². The molecule has 1 aliphatic rings. The van der Waals surface area contributed by atoms with Crippen molar-refractivity contribution in [2.45, 2.75) is 0 Å². The number of carbonyl (C=O) groups is 2. The molecule has 0 radical (unpaired) electrons. The summed E-state index contributed by atoms with van der Waals surface area (Å²) >= 11 is 0. The molecule has 3 rings (SSSR count). The fourth-order valence-corrected chi connectivity index (χ4v) is 2.88. The van der Waals surface area contributed by atoms with Crippen LogP contribution in [0.1, 0.15) is 15.9 Å². The number of methoxy groups -OCH3 is 2. The summed E-state index contributed by atoms with van der Waals surface area (Å²) in [5.41, 5.74) is 0.996. The Morgan fingerprint density at radius 2 is 1.76 bits per heavy atom. The van der Waals surface area contributed by atoms with E-state index in [0.29, 0.717) is 54.7 Å².